The number of hydrogen-bond donors (Lipinski definition) is 4. The van der Waals surface area contributed by atoms with Crippen LogP contribution in [0.5, 0.6) is 0 Å². The predicted molar refractivity (Wildman–Crippen MR) is 106 cm³/mol. The average molecular weight is 392 g/mol. The van der Waals surface area contributed by atoms with Gasteiger partial charge in [-0.25, -0.2) is 0 Å². The van der Waals surface area contributed by atoms with Gasteiger partial charge in [-0.3, -0.25) is 4.79 Å². The zero-order chi connectivity index (χ0) is 20.5. The smallest absolute Gasteiger partial charge is 0.303 e. The molecule has 156 valence electrons. The first-order chi connectivity index (χ1) is 13.4. The molecule has 1 fully saturated rings. The number of carboxylic acid groups (broad SMARTS) is 1. The first kappa shape index (κ1) is 22.4. The molecule has 1 aliphatic rings. The zero-order valence-corrected chi connectivity index (χ0v) is 16.4. The van der Waals surface area contributed by atoms with Gasteiger partial charge in [0, 0.05) is 25.2 Å². The molecule has 1 aromatic rings. The van der Waals surface area contributed by atoms with E-state index in [9.17, 15) is 20.1 Å². The Balaban J connectivity index is 1.81. The molecule has 4 unspecified atom stereocenters. The SMILES string of the molecule is Cc1ccc(CCC(O)C=CC2C(O)CC(O)[C@@H]2CC=CCCCC(=O)O)o1. The van der Waals surface area contributed by atoms with E-state index in [1.807, 2.05) is 37.3 Å². The van der Waals surface area contributed by atoms with Crippen molar-refractivity contribution in [2.45, 2.75) is 70.2 Å². The Bertz CT molecular complexity index is 662. The maximum Gasteiger partial charge on any atom is 0.303 e. The van der Waals surface area contributed by atoms with Crippen LogP contribution in [0.3, 0.4) is 0 Å². The van der Waals surface area contributed by atoms with E-state index < -0.39 is 24.3 Å². The quantitative estimate of drug-likeness (QED) is 0.340. The van der Waals surface area contributed by atoms with Crippen LogP contribution < -0.4 is 0 Å². The molecule has 1 aliphatic carbocycles. The van der Waals surface area contributed by atoms with Crippen molar-refractivity contribution in [3.05, 3.63) is 48.0 Å². The Hall–Kier alpha value is -1.89. The van der Waals surface area contributed by atoms with Crippen molar-refractivity contribution < 1.29 is 29.6 Å². The van der Waals surface area contributed by atoms with Crippen molar-refractivity contribution in [1.82, 2.24) is 0 Å². The molecule has 0 aliphatic heterocycles. The lowest BCUT2D eigenvalue weighted by molar-refractivity contribution is -0.137. The molecule has 1 aromatic heterocycles. The summed E-state index contributed by atoms with van der Waals surface area (Å²) in [7, 11) is 0. The highest BCUT2D eigenvalue weighted by molar-refractivity contribution is 5.66. The summed E-state index contributed by atoms with van der Waals surface area (Å²) in [5, 5.41) is 39.3. The van der Waals surface area contributed by atoms with Crippen LogP contribution in [-0.4, -0.2) is 44.7 Å². The summed E-state index contributed by atoms with van der Waals surface area (Å²) < 4.78 is 5.50. The van der Waals surface area contributed by atoms with Gasteiger partial charge in [0.05, 0.1) is 18.3 Å². The number of allylic oxidation sites excluding steroid dienone is 2. The second-order valence-corrected chi connectivity index (χ2v) is 7.61. The van der Waals surface area contributed by atoms with Crippen LogP contribution in [0.2, 0.25) is 0 Å². The number of aryl methyl sites for hydroxylation is 2. The molecule has 0 radical (unpaired) electrons. The first-order valence-corrected chi connectivity index (χ1v) is 10.0. The van der Waals surface area contributed by atoms with Gasteiger partial charge in [0.25, 0.3) is 0 Å². The number of carbonyl (C=O) groups is 1. The number of hydrogen-bond acceptors (Lipinski definition) is 5. The minimum atomic E-state index is -0.798. The van der Waals surface area contributed by atoms with Gasteiger partial charge in [-0.1, -0.05) is 24.3 Å². The lowest BCUT2D eigenvalue weighted by Gasteiger charge is -2.19. The minimum Gasteiger partial charge on any atom is -0.481 e. The van der Waals surface area contributed by atoms with Gasteiger partial charge in [-0.15, -0.1) is 0 Å². The Kier molecular flexibility index (Phi) is 8.96. The van der Waals surface area contributed by atoms with Crippen molar-refractivity contribution in [2.24, 2.45) is 11.8 Å². The van der Waals surface area contributed by atoms with Crippen LogP contribution in [-0.2, 0) is 11.2 Å². The monoisotopic (exact) mass is 392 g/mol. The minimum absolute atomic E-state index is 0.109. The van der Waals surface area contributed by atoms with E-state index in [4.69, 9.17) is 9.52 Å². The average Bonchev–Trinajstić information content (AvgIpc) is 3.16. The Labute approximate surface area is 166 Å². The number of unbranched alkanes of at least 4 members (excludes halogenated alkanes) is 1. The highest BCUT2D eigenvalue weighted by Crippen LogP contribution is 2.36. The third-order valence-corrected chi connectivity index (χ3v) is 5.29. The highest BCUT2D eigenvalue weighted by Gasteiger charge is 2.39. The molecule has 4 N–H and O–H groups in total. The van der Waals surface area contributed by atoms with Crippen LogP contribution in [0.25, 0.3) is 0 Å². The Morgan fingerprint density at radius 2 is 2.07 bits per heavy atom. The number of furan rings is 1. The molecule has 28 heavy (non-hydrogen) atoms. The second kappa shape index (κ2) is 11.2. The molecule has 1 saturated carbocycles. The molecule has 0 bridgehead atoms. The molecule has 6 heteroatoms. The fraction of sp³-hybridized carbons (Fsp3) is 0.591. The molecule has 0 saturated heterocycles. The third kappa shape index (κ3) is 7.26. The second-order valence-electron chi connectivity index (χ2n) is 7.61. The van der Waals surface area contributed by atoms with E-state index in [-0.39, 0.29) is 18.3 Å². The molecular weight excluding hydrogens is 360 g/mol. The standard InChI is InChI=1S/C22H32O6/c1-15-8-11-17(28-15)12-9-16(23)10-13-19-18(20(24)14-21(19)25)6-4-2-3-5-7-22(26)27/h2,4,8,10-11,13,16,18-21,23-25H,3,5-7,9,12,14H2,1H3,(H,26,27)/t16?,18-,19?,20?,21?/m1/s1. The van der Waals surface area contributed by atoms with Gasteiger partial charge in [0.1, 0.15) is 11.5 Å². The molecule has 2 rings (SSSR count). The maximum atomic E-state index is 10.5. The lowest BCUT2D eigenvalue weighted by Crippen LogP contribution is -2.20. The summed E-state index contributed by atoms with van der Waals surface area (Å²) in [5.41, 5.74) is 0. The normalized spacial score (nSPS) is 26.4. The fourth-order valence-electron chi connectivity index (χ4n) is 3.71. The fourth-order valence-corrected chi connectivity index (χ4v) is 3.71. The van der Waals surface area contributed by atoms with Crippen molar-refractivity contribution in [1.29, 1.82) is 0 Å². The van der Waals surface area contributed by atoms with E-state index >= 15 is 0 Å². The van der Waals surface area contributed by atoms with Crippen LogP contribution in [0.15, 0.2) is 40.9 Å². The zero-order valence-electron chi connectivity index (χ0n) is 16.4. The van der Waals surface area contributed by atoms with Crippen LogP contribution in [0.4, 0.5) is 0 Å². The van der Waals surface area contributed by atoms with Crippen molar-refractivity contribution in [2.75, 3.05) is 0 Å². The molecule has 0 aromatic carbocycles. The van der Waals surface area contributed by atoms with Crippen LogP contribution >= 0.6 is 0 Å². The van der Waals surface area contributed by atoms with Crippen LogP contribution in [0, 0.1) is 18.8 Å². The van der Waals surface area contributed by atoms with E-state index in [0.29, 0.717) is 38.5 Å². The van der Waals surface area contributed by atoms with Gasteiger partial charge in [-0.05, 0) is 50.7 Å². The molecule has 5 atom stereocenters. The summed E-state index contributed by atoms with van der Waals surface area (Å²) in [6, 6.07) is 3.80. The maximum absolute atomic E-state index is 10.5. The van der Waals surface area contributed by atoms with Gasteiger partial charge in [0.15, 0.2) is 0 Å². The van der Waals surface area contributed by atoms with Crippen molar-refractivity contribution >= 4 is 5.97 Å². The molecule has 6 nitrogen and oxygen atoms in total. The first-order valence-electron chi connectivity index (χ1n) is 10.0. The molecular formula is C22H32O6. The van der Waals surface area contributed by atoms with Crippen molar-refractivity contribution in [3.8, 4) is 0 Å². The van der Waals surface area contributed by atoms with Crippen LogP contribution in [0.1, 0.15) is 50.0 Å². The number of aliphatic carboxylic acids is 1. The number of carboxylic acids is 1. The summed E-state index contributed by atoms with van der Waals surface area (Å²) in [6.07, 6.45) is 9.08. The molecule has 0 amide bonds. The largest absolute Gasteiger partial charge is 0.481 e. The number of aliphatic hydroxyl groups excluding tert-OH is 3. The number of aliphatic hydroxyl groups is 3. The summed E-state index contributed by atoms with van der Waals surface area (Å²) in [6.45, 7) is 1.88. The topological polar surface area (TPSA) is 111 Å². The van der Waals surface area contributed by atoms with E-state index in [2.05, 4.69) is 0 Å². The summed E-state index contributed by atoms with van der Waals surface area (Å²) in [4.78, 5) is 10.5. The number of rotatable bonds is 11. The van der Waals surface area contributed by atoms with E-state index in [1.54, 1.807) is 6.08 Å². The summed E-state index contributed by atoms with van der Waals surface area (Å²) >= 11 is 0. The van der Waals surface area contributed by atoms with Gasteiger partial charge < -0.3 is 24.8 Å². The molecule has 1 heterocycles. The predicted octanol–water partition coefficient (Wildman–Crippen LogP) is 3.00. The van der Waals surface area contributed by atoms with Crippen molar-refractivity contribution in [3.63, 3.8) is 0 Å². The van der Waals surface area contributed by atoms with E-state index in [1.165, 1.54) is 0 Å². The highest BCUT2D eigenvalue weighted by atomic mass is 16.4. The Morgan fingerprint density at radius 3 is 2.75 bits per heavy atom. The van der Waals surface area contributed by atoms with E-state index in [0.717, 1.165) is 11.5 Å². The third-order valence-electron chi connectivity index (χ3n) is 5.29. The lowest BCUT2D eigenvalue weighted by atomic mass is 9.89. The summed E-state index contributed by atoms with van der Waals surface area (Å²) in [5.74, 6) is 0.573. The Morgan fingerprint density at radius 1 is 1.29 bits per heavy atom. The van der Waals surface area contributed by atoms with Gasteiger partial charge in [0.2, 0.25) is 0 Å². The molecule has 0 spiro atoms. The van der Waals surface area contributed by atoms with Gasteiger partial charge in [-0.2, -0.15) is 0 Å². The van der Waals surface area contributed by atoms with Gasteiger partial charge >= 0.3 is 5.97 Å².